The van der Waals surface area contributed by atoms with Gasteiger partial charge in [0.25, 0.3) is 0 Å². The van der Waals surface area contributed by atoms with Crippen LogP contribution in [0.3, 0.4) is 0 Å². The van der Waals surface area contributed by atoms with Crippen molar-refractivity contribution in [1.29, 1.82) is 0 Å². The van der Waals surface area contributed by atoms with Gasteiger partial charge in [0.05, 0.1) is 12.1 Å². The predicted molar refractivity (Wildman–Crippen MR) is 111 cm³/mol. The van der Waals surface area contributed by atoms with Gasteiger partial charge in [-0.2, -0.15) is 13.2 Å². The van der Waals surface area contributed by atoms with Crippen LogP contribution in [0.4, 0.5) is 28.0 Å². The van der Waals surface area contributed by atoms with Crippen LogP contribution in [0.2, 0.25) is 0 Å². The number of carbonyl (C=O) groups is 1. The van der Waals surface area contributed by atoms with E-state index in [4.69, 9.17) is 0 Å². The second kappa shape index (κ2) is 9.51. The first-order valence-electron chi connectivity index (χ1n) is 9.49. The second-order valence-corrected chi connectivity index (χ2v) is 6.93. The first-order chi connectivity index (χ1) is 14.8. The fourth-order valence-electron chi connectivity index (χ4n) is 3.08. The number of aromatic nitrogens is 1. The van der Waals surface area contributed by atoms with Crippen LogP contribution in [0.5, 0.6) is 0 Å². The number of carbonyl (C=O) groups excluding carboxylic acids is 1. The third kappa shape index (κ3) is 5.97. The molecular formula is C23H21F4N3O. The normalized spacial score (nSPS) is 11.2. The molecule has 0 aliphatic rings. The highest BCUT2D eigenvalue weighted by atomic mass is 19.4. The van der Waals surface area contributed by atoms with Crippen LogP contribution in [0.1, 0.15) is 16.8 Å². The van der Waals surface area contributed by atoms with Gasteiger partial charge in [0, 0.05) is 30.7 Å². The van der Waals surface area contributed by atoms with E-state index >= 15 is 0 Å². The minimum absolute atomic E-state index is 0.0515. The van der Waals surface area contributed by atoms with Gasteiger partial charge in [-0.25, -0.2) is 9.18 Å². The minimum Gasteiger partial charge on any atom is -0.345 e. The van der Waals surface area contributed by atoms with Crippen LogP contribution in [0, 0.1) is 5.82 Å². The van der Waals surface area contributed by atoms with Gasteiger partial charge in [-0.15, -0.1) is 6.58 Å². The third-order valence-electron chi connectivity index (χ3n) is 4.62. The summed E-state index contributed by atoms with van der Waals surface area (Å²) in [4.78, 5) is 14.2. The van der Waals surface area contributed by atoms with E-state index in [2.05, 4.69) is 11.9 Å². The molecule has 3 aromatic rings. The van der Waals surface area contributed by atoms with Gasteiger partial charge in [0.15, 0.2) is 0 Å². The Balaban J connectivity index is 1.73. The average Bonchev–Trinajstić information content (AvgIpc) is 3.15. The Labute approximate surface area is 177 Å². The lowest BCUT2D eigenvalue weighted by atomic mass is 10.2. The molecule has 0 bridgehead atoms. The molecule has 2 aromatic carbocycles. The minimum atomic E-state index is -4.50. The molecule has 31 heavy (non-hydrogen) atoms. The second-order valence-electron chi connectivity index (χ2n) is 6.93. The molecule has 0 aliphatic carbocycles. The Morgan fingerprint density at radius 3 is 2.52 bits per heavy atom. The van der Waals surface area contributed by atoms with Gasteiger partial charge in [-0.05, 0) is 48.0 Å². The zero-order chi connectivity index (χ0) is 22.4. The summed E-state index contributed by atoms with van der Waals surface area (Å²) in [5.41, 5.74) is 0.914. The van der Waals surface area contributed by atoms with Gasteiger partial charge < -0.3 is 14.8 Å². The van der Waals surface area contributed by atoms with E-state index in [0.29, 0.717) is 6.54 Å². The molecule has 0 saturated carbocycles. The predicted octanol–water partition coefficient (Wildman–Crippen LogP) is 5.91. The fraction of sp³-hybridized carbons (Fsp3) is 0.174. The molecule has 4 nitrogen and oxygen atoms in total. The first kappa shape index (κ1) is 22.1. The molecule has 8 heteroatoms. The molecule has 0 unspecified atom stereocenters. The lowest BCUT2D eigenvalue weighted by Crippen LogP contribution is -2.35. The number of urea groups is 1. The van der Waals surface area contributed by atoms with Crippen molar-refractivity contribution in [3.63, 3.8) is 0 Å². The van der Waals surface area contributed by atoms with Gasteiger partial charge in [0.1, 0.15) is 5.82 Å². The number of hydrogen-bond donors (Lipinski definition) is 1. The molecule has 0 spiro atoms. The average molecular weight is 431 g/mol. The van der Waals surface area contributed by atoms with Crippen molar-refractivity contribution < 1.29 is 22.4 Å². The highest BCUT2D eigenvalue weighted by molar-refractivity contribution is 5.89. The zero-order valence-corrected chi connectivity index (χ0v) is 16.6. The van der Waals surface area contributed by atoms with Gasteiger partial charge in [-0.3, -0.25) is 0 Å². The zero-order valence-electron chi connectivity index (χ0n) is 16.6. The molecular weight excluding hydrogens is 410 g/mol. The molecule has 0 radical (unpaired) electrons. The number of halogens is 4. The molecule has 0 atom stereocenters. The van der Waals surface area contributed by atoms with E-state index in [1.165, 1.54) is 29.2 Å². The Morgan fingerprint density at radius 1 is 1.10 bits per heavy atom. The number of rotatable bonds is 7. The van der Waals surface area contributed by atoms with Crippen LogP contribution in [0.25, 0.3) is 0 Å². The molecule has 2 amide bonds. The maximum absolute atomic E-state index is 13.1. The molecule has 3 rings (SSSR count). The lowest BCUT2D eigenvalue weighted by Gasteiger charge is -2.23. The van der Waals surface area contributed by atoms with Crippen LogP contribution in [-0.2, 0) is 19.3 Å². The van der Waals surface area contributed by atoms with Gasteiger partial charge >= 0.3 is 12.2 Å². The Bertz CT molecular complexity index is 1040. The summed E-state index contributed by atoms with van der Waals surface area (Å²) in [6.45, 7) is 4.55. The summed E-state index contributed by atoms with van der Waals surface area (Å²) in [5.74, 6) is -0.320. The van der Waals surface area contributed by atoms with Crippen molar-refractivity contribution in [1.82, 2.24) is 9.47 Å². The highest BCUT2D eigenvalue weighted by Crippen LogP contribution is 2.30. The van der Waals surface area contributed by atoms with Gasteiger partial charge in [0.2, 0.25) is 0 Å². The quantitative estimate of drug-likeness (QED) is 0.366. The molecule has 162 valence electrons. The summed E-state index contributed by atoms with van der Waals surface area (Å²) in [6, 6.07) is 13.7. The van der Waals surface area contributed by atoms with E-state index < -0.39 is 17.8 Å². The lowest BCUT2D eigenvalue weighted by molar-refractivity contribution is -0.137. The number of alkyl halides is 3. The Hall–Kier alpha value is -3.55. The molecule has 0 aliphatic heterocycles. The highest BCUT2D eigenvalue weighted by Gasteiger charge is 2.30. The van der Waals surface area contributed by atoms with Crippen molar-refractivity contribution in [2.24, 2.45) is 0 Å². The van der Waals surface area contributed by atoms with E-state index in [1.54, 1.807) is 18.2 Å². The van der Waals surface area contributed by atoms with Crippen molar-refractivity contribution in [3.05, 3.63) is 102 Å². The number of nitrogens with zero attached hydrogens (tertiary/aromatic N) is 2. The monoisotopic (exact) mass is 431 g/mol. The van der Waals surface area contributed by atoms with Crippen molar-refractivity contribution in [2.75, 3.05) is 11.9 Å². The largest absolute Gasteiger partial charge is 0.416 e. The summed E-state index contributed by atoms with van der Waals surface area (Å²) < 4.78 is 53.8. The number of nitrogens with one attached hydrogen (secondary N) is 1. The summed E-state index contributed by atoms with van der Waals surface area (Å²) in [6.07, 6.45) is -1.11. The standard InChI is InChI=1S/C23H21F4N3O/c1-2-12-30(22(31)28-20-6-3-5-18(14-20)23(25,26)27)16-21-7-4-13-29(21)15-17-8-10-19(24)11-9-17/h2-11,13-14H,1,12,15-16H2,(H,28,31). The topological polar surface area (TPSA) is 37.3 Å². The Kier molecular flexibility index (Phi) is 6.79. The first-order valence-corrected chi connectivity index (χ1v) is 9.49. The number of amides is 2. The van der Waals surface area contributed by atoms with E-state index in [1.807, 2.05) is 22.9 Å². The molecule has 0 fully saturated rings. The smallest absolute Gasteiger partial charge is 0.345 e. The van der Waals surface area contributed by atoms with Crippen molar-refractivity contribution in [2.45, 2.75) is 19.3 Å². The van der Waals surface area contributed by atoms with Crippen molar-refractivity contribution in [3.8, 4) is 0 Å². The molecule has 0 saturated heterocycles. The van der Waals surface area contributed by atoms with Crippen LogP contribution < -0.4 is 5.32 Å². The summed E-state index contributed by atoms with van der Waals surface area (Å²) >= 11 is 0. The van der Waals surface area contributed by atoms with Crippen LogP contribution in [0.15, 0.2) is 79.5 Å². The van der Waals surface area contributed by atoms with Gasteiger partial charge in [-0.1, -0.05) is 24.3 Å². The van der Waals surface area contributed by atoms with Crippen LogP contribution >= 0.6 is 0 Å². The van der Waals surface area contributed by atoms with E-state index in [9.17, 15) is 22.4 Å². The number of hydrogen-bond acceptors (Lipinski definition) is 1. The molecule has 1 N–H and O–H groups in total. The van der Waals surface area contributed by atoms with Crippen LogP contribution in [-0.4, -0.2) is 22.0 Å². The van der Waals surface area contributed by atoms with Crippen molar-refractivity contribution >= 4 is 11.7 Å². The maximum Gasteiger partial charge on any atom is 0.416 e. The maximum atomic E-state index is 13.1. The summed E-state index contributed by atoms with van der Waals surface area (Å²) in [7, 11) is 0. The summed E-state index contributed by atoms with van der Waals surface area (Å²) in [5, 5.41) is 2.52. The SMILES string of the molecule is C=CCN(Cc1cccn1Cc1ccc(F)cc1)C(=O)Nc1cccc(C(F)(F)F)c1. The molecule has 1 aromatic heterocycles. The Morgan fingerprint density at radius 2 is 1.84 bits per heavy atom. The van der Waals surface area contributed by atoms with E-state index in [-0.39, 0.29) is 24.6 Å². The number of benzene rings is 2. The number of anilines is 1. The third-order valence-corrected chi connectivity index (χ3v) is 4.62. The fourth-order valence-corrected chi connectivity index (χ4v) is 3.08. The van der Waals surface area contributed by atoms with E-state index in [0.717, 1.165) is 23.4 Å². The molecule has 1 heterocycles.